The number of anilines is 1. The molecule has 0 saturated carbocycles. The first kappa shape index (κ1) is 19.4. The molecule has 0 atom stereocenters. The molecule has 1 fully saturated rings. The molecule has 0 aliphatic carbocycles. The molecule has 0 radical (unpaired) electrons. The Balaban J connectivity index is 1.33. The van der Waals surface area contributed by atoms with E-state index in [2.05, 4.69) is 15.3 Å². The van der Waals surface area contributed by atoms with Crippen LogP contribution in [0.1, 0.15) is 0 Å². The molecule has 9 nitrogen and oxygen atoms in total. The van der Waals surface area contributed by atoms with Gasteiger partial charge in [-0.2, -0.15) is 4.31 Å². The number of fused-ring (bicyclic) bond motifs is 1. The summed E-state index contributed by atoms with van der Waals surface area (Å²) in [6.07, 6.45) is 0. The molecule has 4 rings (SSSR count). The minimum absolute atomic E-state index is 0.168. The third kappa shape index (κ3) is 4.24. The molecular weight excluding hydrogens is 394 g/mol. The normalized spacial score (nSPS) is 16.1. The van der Waals surface area contributed by atoms with E-state index < -0.39 is 10.0 Å². The van der Waals surface area contributed by atoms with E-state index in [4.69, 9.17) is 0 Å². The van der Waals surface area contributed by atoms with Crippen molar-refractivity contribution in [1.82, 2.24) is 19.2 Å². The Labute approximate surface area is 167 Å². The molecule has 1 aliphatic heterocycles. The Hall–Kier alpha value is -2.95. The number of imidazole rings is 1. The smallest absolute Gasteiger partial charge is 0.323 e. The minimum atomic E-state index is -3.51. The maximum Gasteiger partial charge on any atom is 0.323 e. The molecule has 2 aromatic carbocycles. The van der Waals surface area contributed by atoms with E-state index >= 15 is 0 Å². The minimum Gasteiger partial charge on any atom is -0.325 e. The van der Waals surface area contributed by atoms with Crippen molar-refractivity contribution in [3.05, 3.63) is 59.0 Å². The largest absolute Gasteiger partial charge is 0.325 e. The SMILES string of the molecule is O=C(CN1CCN(S(=O)(=O)c2ccccc2)CC1)Nc1ccc2[nH]c(=O)[nH]c2c1. The molecule has 29 heavy (non-hydrogen) atoms. The second-order valence-corrected chi connectivity index (χ2v) is 8.82. The van der Waals surface area contributed by atoms with Gasteiger partial charge in [0, 0.05) is 31.9 Å². The quantitative estimate of drug-likeness (QED) is 0.570. The van der Waals surface area contributed by atoms with Gasteiger partial charge in [-0.3, -0.25) is 9.69 Å². The molecular formula is C19H21N5O4S. The molecule has 1 saturated heterocycles. The van der Waals surface area contributed by atoms with E-state index in [-0.39, 0.29) is 23.0 Å². The fourth-order valence-electron chi connectivity index (χ4n) is 3.38. The zero-order valence-electron chi connectivity index (χ0n) is 15.6. The molecule has 2 heterocycles. The predicted octanol–water partition coefficient (Wildman–Crippen LogP) is 0.801. The topological polar surface area (TPSA) is 118 Å². The fourth-order valence-corrected chi connectivity index (χ4v) is 4.83. The van der Waals surface area contributed by atoms with Crippen molar-refractivity contribution in [1.29, 1.82) is 0 Å². The molecule has 0 unspecified atom stereocenters. The van der Waals surface area contributed by atoms with Gasteiger partial charge in [0.1, 0.15) is 0 Å². The van der Waals surface area contributed by atoms with Crippen LogP contribution in [-0.2, 0) is 14.8 Å². The number of nitrogens with zero attached hydrogens (tertiary/aromatic N) is 2. The van der Waals surface area contributed by atoms with Gasteiger partial charge in [0.05, 0.1) is 22.5 Å². The standard InChI is InChI=1S/C19H21N5O4S/c25-18(20-14-6-7-16-17(12-14)22-19(26)21-16)13-23-8-10-24(11-9-23)29(27,28)15-4-2-1-3-5-15/h1-7,12H,8-11,13H2,(H,20,25)(H2,21,22,26). The average Bonchev–Trinajstić information content (AvgIpc) is 3.08. The number of piperazine rings is 1. The maximum absolute atomic E-state index is 12.7. The third-order valence-electron chi connectivity index (χ3n) is 4.88. The number of H-pyrrole nitrogens is 2. The molecule has 152 valence electrons. The lowest BCUT2D eigenvalue weighted by molar-refractivity contribution is -0.117. The van der Waals surface area contributed by atoms with Crippen LogP contribution in [0.5, 0.6) is 0 Å². The van der Waals surface area contributed by atoms with Gasteiger partial charge < -0.3 is 15.3 Å². The number of benzene rings is 2. The highest BCUT2D eigenvalue weighted by Crippen LogP contribution is 2.18. The second-order valence-electron chi connectivity index (χ2n) is 6.88. The van der Waals surface area contributed by atoms with Crippen LogP contribution in [0.2, 0.25) is 0 Å². The van der Waals surface area contributed by atoms with E-state index in [0.29, 0.717) is 42.9 Å². The van der Waals surface area contributed by atoms with E-state index in [9.17, 15) is 18.0 Å². The van der Waals surface area contributed by atoms with Crippen molar-refractivity contribution in [2.45, 2.75) is 4.90 Å². The summed E-state index contributed by atoms with van der Waals surface area (Å²) in [4.78, 5) is 31.2. The van der Waals surface area contributed by atoms with Crippen LogP contribution in [-0.4, -0.2) is 66.2 Å². The molecule has 3 N–H and O–H groups in total. The average molecular weight is 415 g/mol. The lowest BCUT2D eigenvalue weighted by Crippen LogP contribution is -2.50. The molecule has 0 bridgehead atoms. The van der Waals surface area contributed by atoms with E-state index in [1.54, 1.807) is 48.5 Å². The van der Waals surface area contributed by atoms with Gasteiger partial charge in [0.15, 0.2) is 0 Å². The molecule has 3 aromatic rings. The van der Waals surface area contributed by atoms with Gasteiger partial charge in [-0.15, -0.1) is 0 Å². The molecule has 1 aromatic heterocycles. The lowest BCUT2D eigenvalue weighted by atomic mass is 10.2. The van der Waals surface area contributed by atoms with Crippen molar-refractivity contribution in [3.8, 4) is 0 Å². The Kier molecular flexibility index (Phi) is 5.22. The number of aromatic amines is 2. The number of amides is 1. The van der Waals surface area contributed by atoms with Crippen molar-refractivity contribution in [3.63, 3.8) is 0 Å². The first-order valence-electron chi connectivity index (χ1n) is 9.21. The number of rotatable bonds is 5. The van der Waals surface area contributed by atoms with Crippen LogP contribution < -0.4 is 11.0 Å². The third-order valence-corrected chi connectivity index (χ3v) is 6.79. The van der Waals surface area contributed by atoms with Crippen LogP contribution in [0.25, 0.3) is 11.0 Å². The van der Waals surface area contributed by atoms with E-state index in [0.717, 1.165) is 0 Å². The van der Waals surface area contributed by atoms with E-state index in [1.807, 2.05) is 4.90 Å². The summed E-state index contributed by atoms with van der Waals surface area (Å²) in [7, 11) is -3.51. The van der Waals surface area contributed by atoms with Crippen LogP contribution >= 0.6 is 0 Å². The Morgan fingerprint density at radius 3 is 2.38 bits per heavy atom. The molecule has 1 aliphatic rings. The molecule has 1 amide bonds. The summed E-state index contributed by atoms with van der Waals surface area (Å²) in [5, 5.41) is 2.81. The first-order valence-corrected chi connectivity index (χ1v) is 10.7. The fraction of sp³-hybridized carbons (Fsp3) is 0.263. The van der Waals surface area contributed by atoms with Crippen molar-refractivity contribution in [2.24, 2.45) is 0 Å². The second kappa shape index (κ2) is 7.82. The summed E-state index contributed by atoms with van der Waals surface area (Å²) in [6.45, 7) is 1.79. The Morgan fingerprint density at radius 1 is 0.966 bits per heavy atom. The number of hydrogen-bond donors (Lipinski definition) is 3. The number of aromatic nitrogens is 2. The van der Waals surface area contributed by atoms with Crippen LogP contribution in [0.15, 0.2) is 58.2 Å². The molecule has 0 spiro atoms. The van der Waals surface area contributed by atoms with Gasteiger partial charge in [-0.05, 0) is 30.3 Å². The van der Waals surface area contributed by atoms with Crippen molar-refractivity contribution < 1.29 is 13.2 Å². The first-order chi connectivity index (χ1) is 13.9. The summed E-state index contributed by atoms with van der Waals surface area (Å²) >= 11 is 0. The van der Waals surface area contributed by atoms with Gasteiger partial charge in [-0.25, -0.2) is 13.2 Å². The summed E-state index contributed by atoms with van der Waals surface area (Å²) < 4.78 is 26.8. The van der Waals surface area contributed by atoms with E-state index in [1.165, 1.54) is 4.31 Å². The Bertz CT molecular complexity index is 1180. The number of carbonyl (C=O) groups is 1. The lowest BCUT2D eigenvalue weighted by Gasteiger charge is -2.33. The highest BCUT2D eigenvalue weighted by Gasteiger charge is 2.28. The van der Waals surface area contributed by atoms with Crippen molar-refractivity contribution >= 4 is 32.7 Å². The number of nitrogens with one attached hydrogen (secondary N) is 3. The van der Waals surface area contributed by atoms with Gasteiger partial charge in [0.25, 0.3) is 0 Å². The zero-order valence-corrected chi connectivity index (χ0v) is 16.4. The van der Waals surface area contributed by atoms with Crippen LogP contribution in [0.3, 0.4) is 0 Å². The summed E-state index contributed by atoms with van der Waals surface area (Å²) in [6, 6.07) is 13.5. The highest BCUT2D eigenvalue weighted by atomic mass is 32.2. The highest BCUT2D eigenvalue weighted by molar-refractivity contribution is 7.89. The number of carbonyl (C=O) groups excluding carboxylic acids is 1. The number of sulfonamides is 1. The Morgan fingerprint density at radius 2 is 1.66 bits per heavy atom. The predicted molar refractivity (Wildman–Crippen MR) is 109 cm³/mol. The van der Waals surface area contributed by atoms with Crippen molar-refractivity contribution in [2.75, 3.05) is 38.0 Å². The van der Waals surface area contributed by atoms with Gasteiger partial charge >= 0.3 is 5.69 Å². The van der Waals surface area contributed by atoms with Gasteiger partial charge in [-0.1, -0.05) is 18.2 Å². The maximum atomic E-state index is 12.7. The monoisotopic (exact) mass is 415 g/mol. The number of hydrogen-bond acceptors (Lipinski definition) is 5. The summed E-state index contributed by atoms with van der Waals surface area (Å²) in [5.41, 5.74) is 1.58. The summed E-state index contributed by atoms with van der Waals surface area (Å²) in [5.74, 6) is -0.193. The zero-order chi connectivity index (χ0) is 20.4. The van der Waals surface area contributed by atoms with Crippen LogP contribution in [0, 0.1) is 0 Å². The van der Waals surface area contributed by atoms with Gasteiger partial charge in [0.2, 0.25) is 15.9 Å². The van der Waals surface area contributed by atoms with Crippen LogP contribution in [0.4, 0.5) is 5.69 Å². The molecule has 10 heteroatoms.